The van der Waals surface area contributed by atoms with E-state index in [2.05, 4.69) is 4.98 Å². The van der Waals surface area contributed by atoms with E-state index >= 15 is 0 Å². The number of nitrogens with two attached hydrogens (primary N) is 1. The van der Waals surface area contributed by atoms with E-state index in [9.17, 15) is 12.8 Å². The quantitative estimate of drug-likeness (QED) is 0.640. The summed E-state index contributed by atoms with van der Waals surface area (Å²) < 4.78 is 43.1. The summed E-state index contributed by atoms with van der Waals surface area (Å²) in [6.45, 7) is 0. The molecule has 4 rings (SSSR count). The molecule has 8 heteroatoms. The van der Waals surface area contributed by atoms with Crippen molar-refractivity contribution in [3.05, 3.63) is 89.5 Å². The number of sulfonamides is 1. The van der Waals surface area contributed by atoms with Gasteiger partial charge in [-0.05, 0) is 41.8 Å². The monoisotopic (exact) mass is 426 g/mol. The number of halogens is 1. The van der Waals surface area contributed by atoms with Gasteiger partial charge >= 0.3 is 0 Å². The first-order valence-corrected chi connectivity index (χ1v) is 10.6. The molecule has 5 nitrogen and oxygen atoms in total. The van der Waals surface area contributed by atoms with E-state index in [-0.39, 0.29) is 10.8 Å². The number of aromatic nitrogens is 1. The number of ether oxygens (including phenoxy) is 1. The molecule has 146 valence electrons. The number of primary sulfonamides is 1. The van der Waals surface area contributed by atoms with Gasteiger partial charge in [0.1, 0.15) is 17.3 Å². The Labute approximate surface area is 172 Å². The van der Waals surface area contributed by atoms with Crippen molar-refractivity contribution in [2.45, 2.75) is 10.8 Å². The van der Waals surface area contributed by atoms with Crippen LogP contribution < -0.4 is 9.88 Å². The lowest BCUT2D eigenvalue weighted by atomic mass is 9.84. The van der Waals surface area contributed by atoms with Crippen LogP contribution in [0.2, 0.25) is 0 Å². The van der Waals surface area contributed by atoms with Gasteiger partial charge in [0.05, 0.1) is 4.90 Å². The van der Waals surface area contributed by atoms with E-state index in [4.69, 9.17) is 22.1 Å². The summed E-state index contributed by atoms with van der Waals surface area (Å²) in [5, 5.41) is 6.78. The van der Waals surface area contributed by atoms with Crippen LogP contribution in [0.5, 0.6) is 5.75 Å². The van der Waals surface area contributed by atoms with Gasteiger partial charge in [-0.15, -0.1) is 0 Å². The third-order valence-electron chi connectivity index (χ3n) is 4.63. The van der Waals surface area contributed by atoms with Crippen molar-refractivity contribution in [1.82, 2.24) is 4.98 Å². The van der Waals surface area contributed by atoms with E-state index < -0.39 is 15.8 Å². The maximum absolute atomic E-state index is 13.8. The highest BCUT2D eigenvalue weighted by atomic mass is 32.2. The number of benzene rings is 2. The Bertz CT molecular complexity index is 1220. The molecule has 0 saturated heterocycles. The highest BCUT2D eigenvalue weighted by Gasteiger charge is 2.30. The summed E-state index contributed by atoms with van der Waals surface area (Å²) in [5.41, 5.74) is 2.90. The van der Waals surface area contributed by atoms with Crippen molar-refractivity contribution in [2.75, 3.05) is 0 Å². The number of fused-ring (bicyclic) bond motifs is 1. The van der Waals surface area contributed by atoms with E-state index in [1.165, 1.54) is 24.3 Å². The lowest BCUT2D eigenvalue weighted by Gasteiger charge is -2.29. The molecule has 1 unspecified atom stereocenters. The summed E-state index contributed by atoms with van der Waals surface area (Å²) in [4.78, 5) is 4.16. The zero-order chi connectivity index (χ0) is 20.6. The number of hydrogen-bond acceptors (Lipinski definition) is 5. The summed E-state index contributed by atoms with van der Waals surface area (Å²) in [5.74, 6) is 0.0320. The minimum atomic E-state index is -3.83. The summed E-state index contributed by atoms with van der Waals surface area (Å²) in [7, 11) is -3.83. The van der Waals surface area contributed by atoms with Crippen LogP contribution in [0.25, 0.3) is 11.3 Å². The van der Waals surface area contributed by atoms with Crippen molar-refractivity contribution in [2.24, 2.45) is 5.14 Å². The second-order valence-corrected chi connectivity index (χ2v) is 8.29. The molecule has 0 aliphatic carbocycles. The van der Waals surface area contributed by atoms with Gasteiger partial charge in [0.25, 0.3) is 0 Å². The third kappa shape index (κ3) is 3.69. The van der Waals surface area contributed by atoms with Crippen LogP contribution in [0.3, 0.4) is 0 Å². The van der Waals surface area contributed by atoms with E-state index in [0.717, 1.165) is 16.7 Å². The first kappa shape index (κ1) is 19.4. The summed E-state index contributed by atoms with van der Waals surface area (Å²) in [6, 6.07) is 14.0. The molecular weight excluding hydrogens is 411 g/mol. The van der Waals surface area contributed by atoms with Crippen LogP contribution in [0.4, 0.5) is 4.39 Å². The molecule has 0 bridgehead atoms. The van der Waals surface area contributed by atoms with Gasteiger partial charge in [0.15, 0.2) is 0 Å². The number of allylic oxidation sites excluding steroid dienone is 1. The lowest BCUT2D eigenvalue weighted by molar-refractivity contribution is 0.492. The van der Waals surface area contributed by atoms with E-state index in [1.807, 2.05) is 6.07 Å². The first-order valence-electron chi connectivity index (χ1n) is 8.59. The molecule has 3 aromatic rings. The fourth-order valence-electron chi connectivity index (χ4n) is 3.30. The predicted octanol–water partition coefficient (Wildman–Crippen LogP) is 3.91. The molecule has 0 spiro atoms. The van der Waals surface area contributed by atoms with E-state index in [0.29, 0.717) is 17.1 Å². The predicted molar refractivity (Wildman–Crippen MR) is 112 cm³/mol. The molecule has 0 amide bonds. The molecule has 1 aliphatic rings. The molecule has 2 aromatic carbocycles. The number of rotatable bonds is 4. The van der Waals surface area contributed by atoms with Gasteiger partial charge in [0.2, 0.25) is 10.0 Å². The highest BCUT2D eigenvalue weighted by molar-refractivity contribution is 7.89. The maximum atomic E-state index is 13.8. The number of nitrogens with zero attached hydrogens (tertiary/aromatic N) is 1. The number of pyridine rings is 1. The summed E-state index contributed by atoms with van der Waals surface area (Å²) >= 11 is 5.31. The number of thiocarbonyl (C=S) groups is 1. The van der Waals surface area contributed by atoms with Crippen molar-refractivity contribution < 1.29 is 17.5 Å². The smallest absolute Gasteiger partial charge is 0.238 e. The van der Waals surface area contributed by atoms with Crippen LogP contribution in [-0.2, 0) is 10.0 Å². The van der Waals surface area contributed by atoms with Crippen LogP contribution in [-0.4, -0.2) is 18.8 Å². The average molecular weight is 426 g/mol. The topological polar surface area (TPSA) is 82.3 Å². The molecule has 0 fully saturated rings. The molecule has 0 saturated carbocycles. The molecule has 1 aliphatic heterocycles. The molecule has 29 heavy (non-hydrogen) atoms. The molecular formula is C21H15FN2O3S2. The average Bonchev–Trinajstić information content (AvgIpc) is 2.72. The fraction of sp³-hybridized carbons (Fsp3) is 0.0476. The highest BCUT2D eigenvalue weighted by Crippen LogP contribution is 2.46. The van der Waals surface area contributed by atoms with Crippen molar-refractivity contribution in [3.8, 4) is 5.75 Å². The Morgan fingerprint density at radius 1 is 1.10 bits per heavy atom. The lowest BCUT2D eigenvalue weighted by Crippen LogP contribution is -2.16. The maximum Gasteiger partial charge on any atom is 0.238 e. The molecule has 0 radical (unpaired) electrons. The first-order chi connectivity index (χ1) is 13.9. The minimum absolute atomic E-state index is 0.0154. The molecule has 2 heterocycles. The molecule has 2 N–H and O–H groups in total. The van der Waals surface area contributed by atoms with Gasteiger partial charge in [-0.1, -0.05) is 24.4 Å². The van der Waals surface area contributed by atoms with Crippen molar-refractivity contribution in [1.29, 1.82) is 0 Å². The third-order valence-corrected chi connectivity index (χ3v) is 5.83. The van der Waals surface area contributed by atoms with Gasteiger partial charge in [-0.3, -0.25) is 4.98 Å². The van der Waals surface area contributed by atoms with Crippen LogP contribution in [0.15, 0.2) is 71.9 Å². The van der Waals surface area contributed by atoms with E-state index in [1.54, 1.807) is 42.0 Å². The molecule has 1 atom stereocenters. The fourth-order valence-corrected chi connectivity index (χ4v) is 4.10. The zero-order valence-corrected chi connectivity index (χ0v) is 16.6. The van der Waals surface area contributed by atoms with Gasteiger partial charge in [-0.2, -0.15) is 0 Å². The van der Waals surface area contributed by atoms with Gasteiger partial charge in [-0.25, -0.2) is 17.9 Å². The zero-order valence-electron chi connectivity index (χ0n) is 14.9. The second kappa shape index (κ2) is 7.47. The molecule has 1 aromatic heterocycles. The number of hydrogen-bond donors (Lipinski definition) is 1. The van der Waals surface area contributed by atoms with Crippen LogP contribution in [0, 0.1) is 5.82 Å². The van der Waals surface area contributed by atoms with Crippen LogP contribution >= 0.6 is 12.2 Å². The van der Waals surface area contributed by atoms with Gasteiger partial charge in [0, 0.05) is 46.6 Å². The Hall–Kier alpha value is -2.94. The summed E-state index contributed by atoms with van der Waals surface area (Å²) in [6.07, 6.45) is 3.35. The minimum Gasteiger partial charge on any atom is -0.456 e. The second-order valence-electron chi connectivity index (χ2n) is 6.45. The Morgan fingerprint density at radius 3 is 2.48 bits per heavy atom. The van der Waals surface area contributed by atoms with Gasteiger partial charge < -0.3 is 4.74 Å². The Morgan fingerprint density at radius 2 is 1.86 bits per heavy atom. The van der Waals surface area contributed by atoms with Crippen molar-refractivity contribution >= 4 is 38.9 Å². The Balaban J connectivity index is 1.95. The normalized spacial score (nSPS) is 16.1. The van der Waals surface area contributed by atoms with Crippen LogP contribution in [0.1, 0.15) is 22.6 Å². The standard InChI is InChI=1S/C21H15FN2O3S2/c22-15-5-8-17-18(12-28)20(14-2-1-9-24-11-14)21(27-19(17)10-15)13-3-6-16(7-4-13)29(23,25)26/h1-12,18H,(H2,23,25,26). The SMILES string of the molecule is NS(=O)(=O)c1ccc(C2=C(c3cccnc3)C(C=S)c3ccc(F)cc3O2)cc1. The Kier molecular flexibility index (Phi) is 4.99. The van der Waals surface area contributed by atoms with Crippen molar-refractivity contribution in [3.63, 3.8) is 0 Å². The largest absolute Gasteiger partial charge is 0.456 e.